The Morgan fingerprint density at radius 3 is 2.12 bits per heavy atom. The minimum absolute atomic E-state index is 0.0293. The second-order valence-electron chi connectivity index (χ2n) is 7.38. The van der Waals surface area contributed by atoms with Crippen molar-refractivity contribution in [2.45, 2.75) is 24.8 Å². The predicted molar refractivity (Wildman–Crippen MR) is 126 cm³/mol. The summed E-state index contributed by atoms with van der Waals surface area (Å²) < 4.78 is 5.22. The monoisotopic (exact) mass is 471 g/mol. The first kappa shape index (κ1) is 23.6. The summed E-state index contributed by atoms with van der Waals surface area (Å²) in [6, 6.07) is 20.6. The van der Waals surface area contributed by atoms with Crippen LogP contribution >= 0.6 is 23.2 Å². The van der Waals surface area contributed by atoms with Gasteiger partial charge in [-0.1, -0.05) is 65.7 Å². The largest absolute Gasteiger partial charge is 0.497 e. The molecular weight excluding hydrogens is 449 g/mol. The van der Waals surface area contributed by atoms with E-state index in [-0.39, 0.29) is 24.7 Å². The van der Waals surface area contributed by atoms with Gasteiger partial charge in [0.2, 0.25) is 5.91 Å². The second-order valence-corrected chi connectivity index (χ2v) is 8.25. The van der Waals surface area contributed by atoms with Gasteiger partial charge in [0.25, 0.3) is 0 Å². The molecule has 2 atom stereocenters. The number of carbonyl (C=O) groups is 2. The predicted octanol–water partition coefficient (Wildman–Crippen LogP) is 5.34. The normalized spacial score (nSPS) is 12.6. The molecule has 3 rings (SSSR count). The van der Waals surface area contributed by atoms with Crippen molar-refractivity contribution in [2.75, 3.05) is 7.11 Å². The van der Waals surface area contributed by atoms with Crippen LogP contribution in [-0.2, 0) is 16.0 Å². The average molecular weight is 472 g/mol. The van der Waals surface area contributed by atoms with Crippen LogP contribution in [-0.4, -0.2) is 30.1 Å². The van der Waals surface area contributed by atoms with E-state index in [0.717, 1.165) is 16.7 Å². The van der Waals surface area contributed by atoms with Gasteiger partial charge in [-0.05, 0) is 47.0 Å². The Kier molecular flexibility index (Phi) is 8.14. The number of aliphatic carboxylic acids is 1. The Bertz CT molecular complexity index is 1050. The van der Waals surface area contributed by atoms with E-state index in [1.807, 2.05) is 54.6 Å². The van der Waals surface area contributed by atoms with Crippen molar-refractivity contribution in [3.05, 3.63) is 99.5 Å². The number of halogens is 2. The van der Waals surface area contributed by atoms with Crippen molar-refractivity contribution in [1.29, 1.82) is 0 Å². The quantitative estimate of drug-likeness (QED) is 0.441. The molecule has 0 heterocycles. The number of rotatable bonds is 9. The molecule has 0 spiro atoms. The van der Waals surface area contributed by atoms with Crippen molar-refractivity contribution in [3.63, 3.8) is 0 Å². The lowest BCUT2D eigenvalue weighted by atomic mass is 9.88. The summed E-state index contributed by atoms with van der Waals surface area (Å²) in [4.78, 5) is 24.7. The Morgan fingerprint density at radius 1 is 0.938 bits per heavy atom. The molecule has 0 saturated heterocycles. The second kappa shape index (κ2) is 11.0. The third kappa shape index (κ3) is 6.49. The lowest BCUT2D eigenvalue weighted by Gasteiger charge is -2.21. The standard InChI is InChI=1S/C25H23Cl2NO4/c1-32-21-9-7-17(8-10-21)22(18-12-19(26)14-20(27)13-18)15-24(29)28-23(25(30)31)11-16-5-3-2-4-6-16/h2-10,12-14,22-23H,11,15H2,1H3,(H,28,29)(H,30,31). The molecule has 0 aliphatic carbocycles. The maximum absolute atomic E-state index is 12.9. The summed E-state index contributed by atoms with van der Waals surface area (Å²) >= 11 is 12.4. The molecule has 0 aromatic heterocycles. The molecule has 5 nitrogen and oxygen atoms in total. The molecular formula is C25H23Cl2NO4. The van der Waals surface area contributed by atoms with E-state index in [1.54, 1.807) is 25.3 Å². The zero-order chi connectivity index (χ0) is 23.1. The van der Waals surface area contributed by atoms with Crippen LogP contribution in [0.1, 0.15) is 29.0 Å². The van der Waals surface area contributed by atoms with Gasteiger partial charge in [0, 0.05) is 28.8 Å². The van der Waals surface area contributed by atoms with Gasteiger partial charge in [-0.3, -0.25) is 4.79 Å². The molecule has 3 aromatic carbocycles. The first-order chi connectivity index (χ1) is 15.4. The summed E-state index contributed by atoms with van der Waals surface area (Å²) in [7, 11) is 1.58. The van der Waals surface area contributed by atoms with E-state index >= 15 is 0 Å². The number of carbonyl (C=O) groups excluding carboxylic acids is 1. The van der Waals surface area contributed by atoms with Crippen LogP contribution in [0, 0.1) is 0 Å². The molecule has 3 aromatic rings. The Labute approximate surface area is 196 Å². The highest BCUT2D eigenvalue weighted by atomic mass is 35.5. The van der Waals surface area contributed by atoms with E-state index in [9.17, 15) is 14.7 Å². The van der Waals surface area contributed by atoms with E-state index in [4.69, 9.17) is 27.9 Å². The van der Waals surface area contributed by atoms with Crippen molar-refractivity contribution >= 4 is 35.1 Å². The first-order valence-electron chi connectivity index (χ1n) is 10.0. The van der Waals surface area contributed by atoms with Crippen molar-refractivity contribution in [1.82, 2.24) is 5.32 Å². The van der Waals surface area contributed by atoms with Crippen LogP contribution in [0.15, 0.2) is 72.8 Å². The van der Waals surface area contributed by atoms with Crippen LogP contribution < -0.4 is 10.1 Å². The number of carboxylic acids is 1. The van der Waals surface area contributed by atoms with Crippen LogP contribution in [0.3, 0.4) is 0 Å². The van der Waals surface area contributed by atoms with Crippen LogP contribution in [0.2, 0.25) is 10.0 Å². The zero-order valence-electron chi connectivity index (χ0n) is 17.4. The summed E-state index contributed by atoms with van der Waals surface area (Å²) in [5.74, 6) is -1.16. The zero-order valence-corrected chi connectivity index (χ0v) is 18.9. The maximum Gasteiger partial charge on any atom is 0.326 e. The summed E-state index contributed by atoms with van der Waals surface area (Å²) in [6.45, 7) is 0. The highest BCUT2D eigenvalue weighted by Crippen LogP contribution is 2.33. The minimum atomic E-state index is -1.09. The van der Waals surface area contributed by atoms with Crippen LogP contribution in [0.25, 0.3) is 0 Å². The van der Waals surface area contributed by atoms with E-state index < -0.39 is 12.0 Å². The highest BCUT2D eigenvalue weighted by Gasteiger charge is 2.24. The van der Waals surface area contributed by atoms with Crippen LogP contribution in [0.4, 0.5) is 0 Å². The van der Waals surface area contributed by atoms with Gasteiger partial charge in [0.1, 0.15) is 11.8 Å². The molecule has 32 heavy (non-hydrogen) atoms. The molecule has 1 amide bonds. The fourth-order valence-corrected chi connectivity index (χ4v) is 4.07. The van der Waals surface area contributed by atoms with Gasteiger partial charge in [-0.2, -0.15) is 0 Å². The number of nitrogens with one attached hydrogen (secondary N) is 1. The van der Waals surface area contributed by atoms with E-state index in [1.165, 1.54) is 0 Å². The number of hydrogen-bond acceptors (Lipinski definition) is 3. The molecule has 0 radical (unpaired) electrons. The molecule has 0 aliphatic rings. The lowest BCUT2D eigenvalue weighted by molar-refractivity contribution is -0.141. The average Bonchev–Trinajstić information content (AvgIpc) is 2.77. The SMILES string of the molecule is COc1ccc(C(CC(=O)NC(Cc2ccccc2)C(=O)O)c2cc(Cl)cc(Cl)c2)cc1. The number of hydrogen-bond donors (Lipinski definition) is 2. The third-order valence-corrected chi connectivity index (χ3v) is 5.55. The fraction of sp³-hybridized carbons (Fsp3) is 0.200. The number of methoxy groups -OCH3 is 1. The van der Waals surface area contributed by atoms with Gasteiger partial charge in [0.15, 0.2) is 0 Å². The number of amides is 1. The van der Waals surface area contributed by atoms with Gasteiger partial charge < -0.3 is 15.2 Å². The van der Waals surface area contributed by atoms with Crippen LogP contribution in [0.5, 0.6) is 5.75 Å². The highest BCUT2D eigenvalue weighted by molar-refractivity contribution is 6.34. The minimum Gasteiger partial charge on any atom is -0.497 e. The Balaban J connectivity index is 1.84. The first-order valence-corrected chi connectivity index (χ1v) is 10.8. The Morgan fingerprint density at radius 2 is 1.56 bits per heavy atom. The molecule has 0 aliphatic heterocycles. The van der Waals surface area contributed by atoms with Gasteiger partial charge in [0.05, 0.1) is 7.11 Å². The molecule has 7 heteroatoms. The number of ether oxygens (including phenoxy) is 1. The summed E-state index contributed by atoms with van der Waals surface area (Å²) in [5, 5.41) is 13.2. The smallest absolute Gasteiger partial charge is 0.326 e. The van der Waals surface area contributed by atoms with Crippen molar-refractivity contribution in [2.24, 2.45) is 0 Å². The van der Waals surface area contributed by atoms with E-state index in [0.29, 0.717) is 15.8 Å². The van der Waals surface area contributed by atoms with Gasteiger partial charge in [-0.15, -0.1) is 0 Å². The van der Waals surface area contributed by atoms with Gasteiger partial charge in [-0.25, -0.2) is 4.79 Å². The molecule has 0 bridgehead atoms. The summed E-state index contributed by atoms with van der Waals surface area (Å²) in [6.07, 6.45) is 0.222. The fourth-order valence-electron chi connectivity index (χ4n) is 3.53. The Hall–Kier alpha value is -3.02. The molecule has 0 fully saturated rings. The number of benzene rings is 3. The molecule has 0 saturated carbocycles. The molecule has 166 valence electrons. The summed E-state index contributed by atoms with van der Waals surface area (Å²) in [5.41, 5.74) is 2.44. The van der Waals surface area contributed by atoms with E-state index in [2.05, 4.69) is 5.32 Å². The molecule has 2 N–H and O–H groups in total. The lowest BCUT2D eigenvalue weighted by Crippen LogP contribution is -2.42. The van der Waals surface area contributed by atoms with Crippen molar-refractivity contribution < 1.29 is 19.4 Å². The molecule has 2 unspecified atom stereocenters. The third-order valence-electron chi connectivity index (χ3n) is 5.11. The van der Waals surface area contributed by atoms with Crippen molar-refractivity contribution in [3.8, 4) is 5.75 Å². The van der Waals surface area contributed by atoms with Gasteiger partial charge >= 0.3 is 5.97 Å². The topological polar surface area (TPSA) is 75.6 Å². The maximum atomic E-state index is 12.9. The number of carboxylic acid groups (broad SMARTS) is 1.